The van der Waals surface area contributed by atoms with Crippen molar-refractivity contribution in [3.8, 4) is 6.07 Å². The first kappa shape index (κ1) is 14.0. The minimum Gasteiger partial charge on any atom is -0.349 e. The van der Waals surface area contributed by atoms with Crippen LogP contribution in [0.15, 0.2) is 28.7 Å². The van der Waals surface area contributed by atoms with E-state index in [1.165, 1.54) is 0 Å². The molecule has 100 valence electrons. The van der Waals surface area contributed by atoms with Crippen LogP contribution in [-0.2, 0) is 0 Å². The van der Waals surface area contributed by atoms with Crippen LogP contribution in [0.5, 0.6) is 0 Å². The fraction of sp³-hybridized carbons (Fsp3) is 0.429. The molecule has 1 aromatic carbocycles. The van der Waals surface area contributed by atoms with E-state index in [4.69, 9.17) is 5.26 Å². The quantitative estimate of drug-likeness (QED) is 0.868. The van der Waals surface area contributed by atoms with Crippen molar-refractivity contribution in [3.63, 3.8) is 0 Å². The number of nitrogens with zero attached hydrogens (tertiary/aromatic N) is 2. The number of likely N-dealkylation sites (tertiary alicyclic amines) is 1. The van der Waals surface area contributed by atoms with Gasteiger partial charge >= 0.3 is 0 Å². The van der Waals surface area contributed by atoms with E-state index >= 15 is 0 Å². The number of rotatable bonds is 3. The molecular weight excluding hydrogens is 306 g/mol. The van der Waals surface area contributed by atoms with Crippen molar-refractivity contribution in [2.45, 2.75) is 18.9 Å². The predicted octanol–water partition coefficient (Wildman–Crippen LogP) is 2.17. The molecule has 1 heterocycles. The van der Waals surface area contributed by atoms with Crippen molar-refractivity contribution in [2.24, 2.45) is 0 Å². The molecule has 4 nitrogen and oxygen atoms in total. The minimum atomic E-state index is -0.0277. The molecular formula is C14H16BrN3O. The van der Waals surface area contributed by atoms with Gasteiger partial charge in [-0.3, -0.25) is 9.69 Å². The standard InChI is InChI=1S/C14H16BrN3O/c15-12-3-1-2-11(10-12)14(19)17-13-4-7-18(8-5-13)9-6-16/h1-3,10,13H,4-5,7-9H2,(H,17,19). The normalized spacial score (nSPS) is 16.8. The first-order valence-corrected chi connectivity index (χ1v) is 7.14. The summed E-state index contributed by atoms with van der Waals surface area (Å²) in [5.74, 6) is -0.0277. The Morgan fingerprint density at radius 3 is 2.84 bits per heavy atom. The van der Waals surface area contributed by atoms with Gasteiger partial charge in [0.05, 0.1) is 12.6 Å². The molecule has 0 bridgehead atoms. The Hall–Kier alpha value is -1.38. The van der Waals surface area contributed by atoms with Crippen molar-refractivity contribution in [1.29, 1.82) is 5.26 Å². The van der Waals surface area contributed by atoms with Gasteiger partial charge in [-0.25, -0.2) is 0 Å². The number of amides is 1. The Labute approximate surface area is 121 Å². The molecule has 2 rings (SSSR count). The number of hydrogen-bond acceptors (Lipinski definition) is 3. The van der Waals surface area contributed by atoms with Crippen LogP contribution in [0.2, 0.25) is 0 Å². The highest BCUT2D eigenvalue weighted by molar-refractivity contribution is 9.10. The van der Waals surface area contributed by atoms with Crippen LogP contribution >= 0.6 is 15.9 Å². The SMILES string of the molecule is N#CCN1CCC(NC(=O)c2cccc(Br)c2)CC1. The topological polar surface area (TPSA) is 56.1 Å². The molecule has 0 saturated carbocycles. The minimum absolute atomic E-state index is 0.0277. The summed E-state index contributed by atoms with van der Waals surface area (Å²) < 4.78 is 0.906. The highest BCUT2D eigenvalue weighted by Crippen LogP contribution is 2.14. The van der Waals surface area contributed by atoms with Gasteiger partial charge in [-0.05, 0) is 31.0 Å². The van der Waals surface area contributed by atoms with E-state index in [1.54, 1.807) is 0 Å². The van der Waals surface area contributed by atoms with Gasteiger partial charge in [0, 0.05) is 29.2 Å². The van der Waals surface area contributed by atoms with E-state index < -0.39 is 0 Å². The van der Waals surface area contributed by atoms with E-state index in [-0.39, 0.29) is 11.9 Å². The summed E-state index contributed by atoms with van der Waals surface area (Å²) in [6, 6.07) is 9.75. The molecule has 0 spiro atoms. The lowest BCUT2D eigenvalue weighted by atomic mass is 10.0. The number of halogens is 1. The van der Waals surface area contributed by atoms with Crippen molar-refractivity contribution >= 4 is 21.8 Å². The highest BCUT2D eigenvalue weighted by Gasteiger charge is 2.20. The van der Waals surface area contributed by atoms with Gasteiger partial charge in [0.2, 0.25) is 0 Å². The van der Waals surface area contributed by atoms with Gasteiger partial charge in [0.25, 0.3) is 5.91 Å². The molecule has 1 aliphatic rings. The van der Waals surface area contributed by atoms with Crippen molar-refractivity contribution < 1.29 is 4.79 Å². The number of piperidine rings is 1. The van der Waals surface area contributed by atoms with E-state index in [0.717, 1.165) is 30.4 Å². The maximum atomic E-state index is 12.1. The van der Waals surface area contributed by atoms with Crippen LogP contribution in [-0.4, -0.2) is 36.5 Å². The molecule has 1 fully saturated rings. The smallest absolute Gasteiger partial charge is 0.251 e. The highest BCUT2D eigenvalue weighted by atomic mass is 79.9. The first-order valence-electron chi connectivity index (χ1n) is 6.35. The molecule has 1 amide bonds. The molecule has 5 heteroatoms. The zero-order valence-corrected chi connectivity index (χ0v) is 12.2. The molecule has 1 N–H and O–H groups in total. The lowest BCUT2D eigenvalue weighted by Crippen LogP contribution is -2.44. The van der Waals surface area contributed by atoms with E-state index in [2.05, 4.69) is 32.2 Å². The molecule has 0 unspecified atom stereocenters. The summed E-state index contributed by atoms with van der Waals surface area (Å²) in [5.41, 5.74) is 0.675. The third-order valence-electron chi connectivity index (χ3n) is 3.30. The third kappa shape index (κ3) is 4.05. The molecule has 0 aromatic heterocycles. The lowest BCUT2D eigenvalue weighted by molar-refractivity contribution is 0.0914. The van der Waals surface area contributed by atoms with E-state index in [9.17, 15) is 4.79 Å². The Bertz CT molecular complexity index is 490. The third-order valence-corrected chi connectivity index (χ3v) is 3.80. The zero-order chi connectivity index (χ0) is 13.7. The van der Waals surface area contributed by atoms with Crippen molar-refractivity contribution in [3.05, 3.63) is 34.3 Å². The second-order valence-corrected chi connectivity index (χ2v) is 5.61. The van der Waals surface area contributed by atoms with Crippen molar-refractivity contribution in [2.75, 3.05) is 19.6 Å². The maximum absolute atomic E-state index is 12.1. The molecule has 0 atom stereocenters. The number of carbonyl (C=O) groups excluding carboxylic acids is 1. The fourth-order valence-corrected chi connectivity index (χ4v) is 2.63. The van der Waals surface area contributed by atoms with Gasteiger partial charge in [-0.2, -0.15) is 5.26 Å². The Morgan fingerprint density at radius 1 is 1.47 bits per heavy atom. The monoisotopic (exact) mass is 321 g/mol. The Morgan fingerprint density at radius 2 is 2.21 bits per heavy atom. The summed E-state index contributed by atoms with van der Waals surface area (Å²) in [4.78, 5) is 14.2. The number of benzene rings is 1. The summed E-state index contributed by atoms with van der Waals surface area (Å²) in [5, 5.41) is 11.7. The van der Waals surface area contributed by atoms with Gasteiger partial charge in [0.1, 0.15) is 0 Å². The summed E-state index contributed by atoms with van der Waals surface area (Å²) >= 11 is 3.36. The van der Waals surface area contributed by atoms with E-state index in [1.807, 2.05) is 24.3 Å². The summed E-state index contributed by atoms with van der Waals surface area (Å²) in [6.45, 7) is 2.22. The molecule has 0 radical (unpaired) electrons. The summed E-state index contributed by atoms with van der Waals surface area (Å²) in [7, 11) is 0. The van der Waals surface area contributed by atoms with Gasteiger partial charge < -0.3 is 5.32 Å². The first-order chi connectivity index (χ1) is 9.19. The molecule has 1 saturated heterocycles. The number of hydrogen-bond donors (Lipinski definition) is 1. The van der Waals surface area contributed by atoms with Crippen molar-refractivity contribution in [1.82, 2.24) is 10.2 Å². The maximum Gasteiger partial charge on any atom is 0.251 e. The van der Waals surface area contributed by atoms with Crippen LogP contribution in [0.1, 0.15) is 23.2 Å². The molecule has 0 aliphatic carbocycles. The number of nitriles is 1. The van der Waals surface area contributed by atoms with Crippen LogP contribution in [0.25, 0.3) is 0 Å². The second kappa shape index (κ2) is 6.69. The molecule has 1 aliphatic heterocycles. The van der Waals surface area contributed by atoms with Gasteiger partial charge in [-0.1, -0.05) is 22.0 Å². The lowest BCUT2D eigenvalue weighted by Gasteiger charge is -2.30. The average molecular weight is 322 g/mol. The summed E-state index contributed by atoms with van der Waals surface area (Å²) in [6.07, 6.45) is 1.81. The molecule has 19 heavy (non-hydrogen) atoms. The fourth-order valence-electron chi connectivity index (χ4n) is 2.23. The number of carbonyl (C=O) groups is 1. The van der Waals surface area contributed by atoms with Crippen LogP contribution in [0, 0.1) is 11.3 Å². The Balaban J connectivity index is 1.86. The average Bonchev–Trinajstić information content (AvgIpc) is 2.41. The van der Waals surface area contributed by atoms with Crippen LogP contribution < -0.4 is 5.32 Å². The molecule has 1 aromatic rings. The van der Waals surface area contributed by atoms with Crippen LogP contribution in [0.4, 0.5) is 0 Å². The largest absolute Gasteiger partial charge is 0.349 e. The van der Waals surface area contributed by atoms with Crippen LogP contribution in [0.3, 0.4) is 0 Å². The number of nitrogens with one attached hydrogen (secondary N) is 1. The van der Waals surface area contributed by atoms with E-state index in [0.29, 0.717) is 12.1 Å². The van der Waals surface area contributed by atoms with Gasteiger partial charge in [0.15, 0.2) is 0 Å². The predicted molar refractivity (Wildman–Crippen MR) is 76.7 cm³/mol. The second-order valence-electron chi connectivity index (χ2n) is 4.69. The zero-order valence-electron chi connectivity index (χ0n) is 10.6. The van der Waals surface area contributed by atoms with Gasteiger partial charge in [-0.15, -0.1) is 0 Å². The Kier molecular flexibility index (Phi) is 4.94.